The molecule has 4 N–H and O–H groups in total. The number of benzene rings is 4. The van der Waals surface area contributed by atoms with Gasteiger partial charge in [-0.25, -0.2) is 0 Å². The highest BCUT2D eigenvalue weighted by atomic mass is 14.5. The molecule has 0 radical (unpaired) electrons. The molecule has 4 aromatic rings. The summed E-state index contributed by atoms with van der Waals surface area (Å²) in [5.74, 6) is 1.51. The molecule has 2 heteroatoms. The molecule has 0 spiro atoms. The molecule has 0 aliphatic heterocycles. The Kier molecular flexibility index (Phi) is 16.1. The van der Waals surface area contributed by atoms with Crippen molar-refractivity contribution in [2.24, 2.45) is 5.92 Å². The van der Waals surface area contributed by atoms with E-state index >= 15 is 0 Å². The number of anilines is 2. The van der Waals surface area contributed by atoms with Crippen molar-refractivity contribution in [1.29, 1.82) is 0 Å². The molecule has 2 unspecified atom stereocenters. The number of rotatable bonds is 22. The Hall–Kier alpha value is -3.52. The van der Waals surface area contributed by atoms with Gasteiger partial charge in [-0.3, -0.25) is 0 Å². The third kappa shape index (κ3) is 12.2. The fourth-order valence-corrected chi connectivity index (χ4v) is 7.46. The fourth-order valence-electron chi connectivity index (χ4n) is 7.46. The van der Waals surface area contributed by atoms with Gasteiger partial charge in [-0.05, 0) is 95.7 Å². The van der Waals surface area contributed by atoms with Crippen LogP contribution in [0.5, 0.6) is 0 Å². The maximum Gasteiger partial charge on any atom is 0.0314 e. The summed E-state index contributed by atoms with van der Waals surface area (Å²) < 4.78 is 0. The van der Waals surface area contributed by atoms with Gasteiger partial charge in [0.2, 0.25) is 0 Å². The quantitative estimate of drug-likeness (QED) is 0.0660. The largest absolute Gasteiger partial charge is 0.399 e. The molecule has 0 bridgehead atoms. The van der Waals surface area contributed by atoms with Crippen LogP contribution in [-0.2, 0) is 12.8 Å². The van der Waals surface area contributed by atoms with Crippen LogP contribution in [0.25, 0.3) is 0 Å². The zero-order valence-corrected chi connectivity index (χ0v) is 30.4. The summed E-state index contributed by atoms with van der Waals surface area (Å²) in [6.45, 7) is 6.88. The molecule has 2 nitrogen and oxygen atoms in total. The molecule has 0 heterocycles. The molecule has 0 saturated carbocycles. The normalized spacial score (nSPS) is 13.3. The second-order valence-corrected chi connectivity index (χ2v) is 14.4. The Balaban J connectivity index is 1.48. The maximum atomic E-state index is 6.03. The molecule has 0 aliphatic carbocycles. The van der Waals surface area contributed by atoms with Crippen molar-refractivity contribution in [1.82, 2.24) is 0 Å². The summed E-state index contributed by atoms with van der Waals surface area (Å²) in [6, 6.07) is 36.4. The van der Waals surface area contributed by atoms with Gasteiger partial charge in [0, 0.05) is 23.2 Å². The third-order valence-corrected chi connectivity index (χ3v) is 10.4. The number of hydrogen-bond acceptors (Lipinski definition) is 2. The minimum absolute atomic E-state index is 0.429. The van der Waals surface area contributed by atoms with E-state index in [1.54, 1.807) is 0 Å². The van der Waals surface area contributed by atoms with Crippen molar-refractivity contribution >= 4 is 11.4 Å². The van der Waals surface area contributed by atoms with E-state index in [0.717, 1.165) is 24.2 Å². The SMILES string of the molecule is CCCCCCCC(Cc1ccc(C(CCCCC)c2ccc(N)cc2)cc1)Cc1ccc(C(CCCCC)c2ccc(N)cc2)cc1. The van der Waals surface area contributed by atoms with E-state index < -0.39 is 0 Å². The number of unbranched alkanes of at least 4 members (excludes halogenated alkanes) is 8. The molecule has 4 aromatic carbocycles. The Bertz CT molecular complexity index is 1300. The van der Waals surface area contributed by atoms with Crippen molar-refractivity contribution in [3.63, 3.8) is 0 Å². The van der Waals surface area contributed by atoms with Crippen molar-refractivity contribution in [3.8, 4) is 0 Å². The van der Waals surface area contributed by atoms with E-state index in [0.29, 0.717) is 17.8 Å². The molecular formula is C46H64N2. The van der Waals surface area contributed by atoms with Gasteiger partial charge in [0.1, 0.15) is 0 Å². The monoisotopic (exact) mass is 645 g/mol. The molecule has 0 aliphatic rings. The maximum absolute atomic E-state index is 6.03. The van der Waals surface area contributed by atoms with E-state index in [-0.39, 0.29) is 0 Å². The molecule has 4 rings (SSSR count). The number of hydrogen-bond donors (Lipinski definition) is 2. The molecule has 0 fully saturated rings. The van der Waals surface area contributed by atoms with Crippen molar-refractivity contribution in [2.75, 3.05) is 11.5 Å². The van der Waals surface area contributed by atoms with Crippen LogP contribution in [0.3, 0.4) is 0 Å². The van der Waals surface area contributed by atoms with Crippen molar-refractivity contribution < 1.29 is 0 Å². The van der Waals surface area contributed by atoms with Gasteiger partial charge in [0.25, 0.3) is 0 Å². The number of nitrogens with two attached hydrogens (primary N) is 2. The summed E-state index contributed by atoms with van der Waals surface area (Å²) in [6.07, 6.45) is 20.2. The topological polar surface area (TPSA) is 52.0 Å². The molecular weight excluding hydrogens is 581 g/mol. The molecule has 48 heavy (non-hydrogen) atoms. The van der Waals surface area contributed by atoms with Crippen molar-refractivity contribution in [2.45, 2.75) is 135 Å². The van der Waals surface area contributed by atoms with Gasteiger partial charge in [0.15, 0.2) is 0 Å². The Morgan fingerprint density at radius 2 is 0.688 bits per heavy atom. The van der Waals surface area contributed by atoms with Crippen LogP contribution in [0.15, 0.2) is 97.1 Å². The summed E-state index contributed by atoms with van der Waals surface area (Å²) in [5.41, 5.74) is 22.3. The van der Waals surface area contributed by atoms with Gasteiger partial charge in [-0.15, -0.1) is 0 Å². The lowest BCUT2D eigenvalue weighted by Gasteiger charge is -2.21. The lowest BCUT2D eigenvalue weighted by atomic mass is 9.84. The van der Waals surface area contributed by atoms with Gasteiger partial charge < -0.3 is 11.5 Å². The van der Waals surface area contributed by atoms with Crippen LogP contribution < -0.4 is 11.5 Å². The van der Waals surface area contributed by atoms with E-state index in [1.165, 1.54) is 123 Å². The predicted octanol–water partition coefficient (Wildman–Crippen LogP) is 13.0. The second-order valence-electron chi connectivity index (χ2n) is 14.4. The minimum Gasteiger partial charge on any atom is -0.399 e. The predicted molar refractivity (Wildman–Crippen MR) is 211 cm³/mol. The van der Waals surface area contributed by atoms with E-state index in [4.69, 9.17) is 11.5 Å². The first-order chi connectivity index (χ1) is 23.5. The second kappa shape index (κ2) is 20.8. The summed E-state index contributed by atoms with van der Waals surface area (Å²) in [4.78, 5) is 0. The fraction of sp³-hybridized carbons (Fsp3) is 0.478. The molecule has 258 valence electrons. The van der Waals surface area contributed by atoms with Gasteiger partial charge in [0.05, 0.1) is 0 Å². The number of nitrogen functional groups attached to an aromatic ring is 2. The lowest BCUT2D eigenvalue weighted by molar-refractivity contribution is 0.446. The van der Waals surface area contributed by atoms with Crippen LogP contribution >= 0.6 is 0 Å². The van der Waals surface area contributed by atoms with Crippen LogP contribution in [0.1, 0.15) is 156 Å². The summed E-state index contributed by atoms with van der Waals surface area (Å²) in [5, 5.41) is 0. The van der Waals surface area contributed by atoms with Crippen LogP contribution in [0.2, 0.25) is 0 Å². The molecule has 2 atom stereocenters. The zero-order valence-electron chi connectivity index (χ0n) is 30.4. The first-order valence-electron chi connectivity index (χ1n) is 19.4. The molecule has 0 amide bonds. The first kappa shape index (κ1) is 37.3. The van der Waals surface area contributed by atoms with Crippen LogP contribution in [0.4, 0.5) is 11.4 Å². The standard InChI is InChI=1S/C46H64N2/c1-4-7-10-11-14-15-38(34-36-18-22-39(23-19-36)45(16-12-8-5-2)41-26-30-43(47)31-27-41)35-37-20-24-40(25-21-37)46(17-13-9-6-3)42-28-32-44(48)33-29-42/h18-33,38,45-46H,4-17,34-35,47-48H2,1-3H3. The van der Waals surface area contributed by atoms with Crippen molar-refractivity contribution in [3.05, 3.63) is 130 Å². The smallest absolute Gasteiger partial charge is 0.0314 e. The average Bonchev–Trinajstić information content (AvgIpc) is 3.10. The van der Waals surface area contributed by atoms with Gasteiger partial charge >= 0.3 is 0 Å². The molecule has 0 aromatic heterocycles. The highest BCUT2D eigenvalue weighted by Gasteiger charge is 2.17. The zero-order chi connectivity index (χ0) is 34.0. The highest BCUT2D eigenvalue weighted by Crippen LogP contribution is 2.33. The van der Waals surface area contributed by atoms with E-state index in [2.05, 4.69) is 118 Å². The third-order valence-electron chi connectivity index (χ3n) is 10.4. The van der Waals surface area contributed by atoms with Gasteiger partial charge in [-0.2, -0.15) is 0 Å². The Morgan fingerprint density at radius 3 is 1.06 bits per heavy atom. The summed E-state index contributed by atoms with van der Waals surface area (Å²) in [7, 11) is 0. The van der Waals surface area contributed by atoms with Crippen LogP contribution in [0, 0.1) is 5.92 Å². The van der Waals surface area contributed by atoms with Crippen LogP contribution in [-0.4, -0.2) is 0 Å². The Morgan fingerprint density at radius 1 is 0.375 bits per heavy atom. The first-order valence-corrected chi connectivity index (χ1v) is 19.4. The van der Waals surface area contributed by atoms with E-state index in [9.17, 15) is 0 Å². The lowest BCUT2D eigenvalue weighted by Crippen LogP contribution is -2.10. The average molecular weight is 645 g/mol. The van der Waals surface area contributed by atoms with Gasteiger partial charge in [-0.1, -0.05) is 164 Å². The minimum atomic E-state index is 0.429. The molecule has 0 saturated heterocycles. The summed E-state index contributed by atoms with van der Waals surface area (Å²) >= 11 is 0. The highest BCUT2D eigenvalue weighted by molar-refractivity contribution is 5.44. The Labute approximate surface area is 293 Å². The van der Waals surface area contributed by atoms with E-state index in [1.807, 2.05) is 0 Å².